The Morgan fingerprint density at radius 1 is 1.37 bits per heavy atom. The highest BCUT2D eigenvalue weighted by Gasteiger charge is 2.31. The van der Waals surface area contributed by atoms with E-state index < -0.39 is 10.5 Å². The fraction of sp³-hybridized carbons (Fsp3) is 0.368. The van der Waals surface area contributed by atoms with Crippen LogP contribution in [0.1, 0.15) is 19.2 Å². The highest BCUT2D eigenvalue weighted by Crippen LogP contribution is 2.25. The molecule has 1 unspecified atom stereocenters. The number of nitrogens with zero attached hydrogens (tertiary/aromatic N) is 5. The van der Waals surface area contributed by atoms with Gasteiger partial charge in [0.15, 0.2) is 0 Å². The summed E-state index contributed by atoms with van der Waals surface area (Å²) in [6.07, 6.45) is 4.10. The number of hydrogen-bond donors (Lipinski definition) is 2. The van der Waals surface area contributed by atoms with Crippen molar-refractivity contribution in [3.63, 3.8) is 0 Å². The lowest BCUT2D eigenvalue weighted by Gasteiger charge is -2.32. The summed E-state index contributed by atoms with van der Waals surface area (Å²) < 4.78 is 16.5. The first-order valence-electron chi connectivity index (χ1n) is 9.35. The molecule has 3 aromatic rings. The molecule has 0 saturated heterocycles. The molecule has 1 aromatic carbocycles. The quantitative estimate of drug-likeness (QED) is 0.456. The van der Waals surface area contributed by atoms with Crippen molar-refractivity contribution in [1.82, 2.24) is 24.4 Å². The molecule has 2 N–H and O–H groups in total. The fourth-order valence-corrected chi connectivity index (χ4v) is 3.91. The van der Waals surface area contributed by atoms with Gasteiger partial charge in [-0.05, 0) is 59.1 Å². The van der Waals surface area contributed by atoms with E-state index in [1.54, 1.807) is 19.1 Å². The van der Waals surface area contributed by atoms with Crippen LogP contribution in [0.15, 0.2) is 36.7 Å². The van der Waals surface area contributed by atoms with Crippen LogP contribution < -0.4 is 5.32 Å². The van der Waals surface area contributed by atoms with Crippen LogP contribution in [-0.2, 0) is 19.6 Å². The largest absolute Gasteiger partial charge is 0.388 e. The average Bonchev–Trinajstić information content (AvgIpc) is 3.25. The first-order chi connectivity index (χ1) is 14.2. The Morgan fingerprint density at radius 3 is 2.77 bits per heavy atom. The number of nitro groups is 1. The van der Waals surface area contributed by atoms with E-state index in [0.717, 1.165) is 17.1 Å². The number of benzene rings is 1. The molecular weight excluding hydrogens is 415 g/mol. The molecule has 0 aliphatic carbocycles. The highest BCUT2D eigenvalue weighted by atomic mass is 35.5. The molecule has 3 heterocycles. The second-order valence-electron chi connectivity index (χ2n) is 7.74. The summed E-state index contributed by atoms with van der Waals surface area (Å²) in [6, 6.07) is 6.13. The Bertz CT molecular complexity index is 1080. The predicted octanol–water partition coefficient (Wildman–Crippen LogP) is 2.76. The molecule has 2 atom stereocenters. The number of aromatic nitrogens is 4. The van der Waals surface area contributed by atoms with Crippen LogP contribution in [0.2, 0.25) is 5.28 Å². The summed E-state index contributed by atoms with van der Waals surface area (Å²) in [5.74, 6) is 0.210. The Labute approximate surface area is 176 Å². The van der Waals surface area contributed by atoms with Crippen LogP contribution in [0, 0.1) is 15.9 Å². The first kappa shape index (κ1) is 20.5. The second-order valence-corrected chi connectivity index (χ2v) is 8.07. The topological polar surface area (TPSA) is 111 Å². The third-order valence-electron chi connectivity index (χ3n) is 5.08. The molecule has 0 amide bonds. The zero-order valence-electron chi connectivity index (χ0n) is 16.1. The minimum absolute atomic E-state index is 0.0435. The number of imidazole rings is 2. The maximum absolute atomic E-state index is 13.2. The van der Waals surface area contributed by atoms with E-state index in [4.69, 9.17) is 11.6 Å². The molecule has 1 aliphatic rings. The summed E-state index contributed by atoms with van der Waals surface area (Å²) in [7, 11) is 0. The summed E-state index contributed by atoms with van der Waals surface area (Å²) in [5.41, 5.74) is 0.416. The molecule has 0 spiro atoms. The van der Waals surface area contributed by atoms with E-state index in [0.29, 0.717) is 19.5 Å². The van der Waals surface area contributed by atoms with Gasteiger partial charge < -0.3 is 19.8 Å². The first-order valence-corrected chi connectivity index (χ1v) is 9.73. The number of aliphatic hydroxyl groups is 1. The standard InChI is InChI=1S/C19H20ClFN6O3/c1-19(28,10-25-9-17(27(29)30)24-18(25)20)7-14-6-16-23-15(8-26(16)11-22-14)12-2-4-13(21)5-3-12/h2-5,8-9,14,22,28H,6-7,10-11H2,1H3/t14?,19-/m0/s1. The van der Waals surface area contributed by atoms with Crippen LogP contribution in [0.25, 0.3) is 11.3 Å². The van der Waals surface area contributed by atoms with Gasteiger partial charge in [-0.1, -0.05) is 0 Å². The van der Waals surface area contributed by atoms with Crippen LogP contribution in [0.5, 0.6) is 0 Å². The number of rotatable bonds is 6. The van der Waals surface area contributed by atoms with E-state index in [9.17, 15) is 19.6 Å². The van der Waals surface area contributed by atoms with Gasteiger partial charge in [-0.15, -0.1) is 0 Å². The van der Waals surface area contributed by atoms with Crippen molar-refractivity contribution in [2.24, 2.45) is 0 Å². The zero-order chi connectivity index (χ0) is 21.5. The number of halogens is 2. The Morgan fingerprint density at radius 2 is 2.10 bits per heavy atom. The van der Waals surface area contributed by atoms with Crippen LogP contribution in [0.4, 0.5) is 10.2 Å². The molecule has 0 fully saturated rings. The Balaban J connectivity index is 1.44. The predicted molar refractivity (Wildman–Crippen MR) is 107 cm³/mol. The fourth-order valence-electron chi connectivity index (χ4n) is 3.72. The van der Waals surface area contributed by atoms with Crippen molar-refractivity contribution >= 4 is 17.4 Å². The van der Waals surface area contributed by atoms with Gasteiger partial charge in [-0.25, -0.2) is 9.37 Å². The van der Waals surface area contributed by atoms with Crippen molar-refractivity contribution in [2.75, 3.05) is 0 Å². The lowest BCUT2D eigenvalue weighted by molar-refractivity contribution is -0.389. The van der Waals surface area contributed by atoms with E-state index in [2.05, 4.69) is 15.3 Å². The van der Waals surface area contributed by atoms with Crippen LogP contribution >= 0.6 is 11.6 Å². The molecule has 0 radical (unpaired) electrons. The van der Waals surface area contributed by atoms with Gasteiger partial charge in [0, 0.05) is 24.2 Å². The van der Waals surface area contributed by atoms with E-state index >= 15 is 0 Å². The monoisotopic (exact) mass is 434 g/mol. The van der Waals surface area contributed by atoms with Crippen molar-refractivity contribution in [2.45, 2.75) is 44.6 Å². The van der Waals surface area contributed by atoms with Gasteiger partial charge in [0.2, 0.25) is 0 Å². The molecule has 11 heteroatoms. The summed E-state index contributed by atoms with van der Waals surface area (Å²) in [5, 5.41) is 25.1. The van der Waals surface area contributed by atoms with E-state index in [-0.39, 0.29) is 29.5 Å². The van der Waals surface area contributed by atoms with E-state index in [1.807, 2.05) is 10.8 Å². The van der Waals surface area contributed by atoms with E-state index in [1.165, 1.54) is 22.9 Å². The van der Waals surface area contributed by atoms with Gasteiger partial charge in [-0.3, -0.25) is 9.88 Å². The van der Waals surface area contributed by atoms with Gasteiger partial charge in [-0.2, -0.15) is 0 Å². The van der Waals surface area contributed by atoms with Crippen molar-refractivity contribution in [1.29, 1.82) is 0 Å². The normalized spacial score (nSPS) is 18.1. The molecule has 0 bridgehead atoms. The second kappa shape index (κ2) is 7.78. The van der Waals surface area contributed by atoms with Crippen molar-refractivity contribution in [3.05, 3.63) is 63.7 Å². The molecule has 30 heavy (non-hydrogen) atoms. The minimum Gasteiger partial charge on any atom is -0.388 e. The summed E-state index contributed by atoms with van der Waals surface area (Å²) in [6.45, 7) is 2.25. The van der Waals surface area contributed by atoms with Gasteiger partial charge in [0.05, 0.1) is 24.5 Å². The average molecular weight is 435 g/mol. The SMILES string of the molecule is C[C@](O)(CC1Cc2nc(-c3ccc(F)cc3)cn2CN1)Cn1cc([N+](=O)[O-])nc1Cl. The zero-order valence-corrected chi connectivity index (χ0v) is 16.9. The molecule has 1 aliphatic heterocycles. The molecule has 9 nitrogen and oxygen atoms in total. The molecular formula is C19H20ClFN6O3. The van der Waals surface area contributed by atoms with Crippen LogP contribution in [-0.4, -0.2) is 40.8 Å². The van der Waals surface area contributed by atoms with Gasteiger partial charge >= 0.3 is 11.1 Å². The number of hydrogen-bond acceptors (Lipinski definition) is 6. The van der Waals surface area contributed by atoms with Crippen molar-refractivity contribution in [3.8, 4) is 11.3 Å². The third kappa shape index (κ3) is 4.35. The van der Waals surface area contributed by atoms with Crippen molar-refractivity contribution < 1.29 is 14.4 Å². The maximum atomic E-state index is 13.2. The molecule has 158 valence electrons. The van der Waals surface area contributed by atoms with Gasteiger partial charge in [0.25, 0.3) is 0 Å². The highest BCUT2D eigenvalue weighted by molar-refractivity contribution is 6.28. The number of nitrogens with one attached hydrogen (secondary N) is 1. The smallest absolute Gasteiger partial charge is 0.383 e. The number of fused-ring (bicyclic) bond motifs is 1. The molecule has 0 saturated carbocycles. The Hall–Kier alpha value is -2.82. The molecule has 4 rings (SSSR count). The Kier molecular flexibility index (Phi) is 5.31. The molecule has 2 aromatic heterocycles. The lowest BCUT2D eigenvalue weighted by Crippen LogP contribution is -2.45. The van der Waals surface area contributed by atoms with Gasteiger partial charge in [0.1, 0.15) is 17.8 Å². The summed E-state index contributed by atoms with van der Waals surface area (Å²) in [4.78, 5) is 18.6. The minimum atomic E-state index is -1.18. The lowest BCUT2D eigenvalue weighted by atomic mass is 9.94. The van der Waals surface area contributed by atoms with Crippen LogP contribution in [0.3, 0.4) is 0 Å². The third-order valence-corrected chi connectivity index (χ3v) is 5.38. The summed E-state index contributed by atoms with van der Waals surface area (Å²) >= 11 is 5.96. The maximum Gasteiger partial charge on any atom is 0.383 e.